The molecule has 0 spiro atoms. The molecule has 68 valence electrons. The van der Waals surface area contributed by atoms with Crippen molar-refractivity contribution in [1.29, 1.82) is 0 Å². The molecule has 0 aliphatic heterocycles. The first kappa shape index (κ1) is 8.35. The molecule has 3 nitrogen and oxygen atoms in total. The van der Waals surface area contributed by atoms with Gasteiger partial charge in [0, 0.05) is 12.6 Å². The number of rotatable bonds is 2. The topological polar surface area (TPSA) is 42.9 Å². The molecule has 0 saturated heterocycles. The Bertz CT molecular complexity index is 347. The van der Waals surface area contributed by atoms with Crippen molar-refractivity contribution in [2.24, 2.45) is 0 Å². The SMILES string of the molecule is CC(=O)Cc1cnc2c(n1)CCC2. The van der Waals surface area contributed by atoms with Crippen LogP contribution in [-0.2, 0) is 24.1 Å². The van der Waals surface area contributed by atoms with Crippen LogP contribution in [0.3, 0.4) is 0 Å². The maximum atomic E-state index is 10.8. The van der Waals surface area contributed by atoms with Crippen LogP contribution in [0.25, 0.3) is 0 Å². The zero-order chi connectivity index (χ0) is 9.26. The lowest BCUT2D eigenvalue weighted by Gasteiger charge is -2.00. The Kier molecular flexibility index (Phi) is 2.08. The summed E-state index contributed by atoms with van der Waals surface area (Å²) in [7, 11) is 0. The van der Waals surface area contributed by atoms with Gasteiger partial charge in [0.2, 0.25) is 0 Å². The quantitative estimate of drug-likeness (QED) is 0.677. The molecule has 0 atom stereocenters. The van der Waals surface area contributed by atoms with Crippen LogP contribution >= 0.6 is 0 Å². The summed E-state index contributed by atoms with van der Waals surface area (Å²) in [5.74, 6) is 0.146. The summed E-state index contributed by atoms with van der Waals surface area (Å²) in [6.45, 7) is 1.58. The summed E-state index contributed by atoms with van der Waals surface area (Å²) < 4.78 is 0. The van der Waals surface area contributed by atoms with E-state index in [4.69, 9.17) is 0 Å². The van der Waals surface area contributed by atoms with Gasteiger partial charge in [0.1, 0.15) is 5.78 Å². The van der Waals surface area contributed by atoms with Gasteiger partial charge in [0.15, 0.2) is 0 Å². The number of nitrogens with zero attached hydrogens (tertiary/aromatic N) is 2. The summed E-state index contributed by atoms with van der Waals surface area (Å²) in [6, 6.07) is 0. The number of aryl methyl sites for hydroxylation is 2. The molecule has 0 unspecified atom stereocenters. The van der Waals surface area contributed by atoms with Gasteiger partial charge < -0.3 is 0 Å². The number of fused-ring (bicyclic) bond motifs is 1. The summed E-state index contributed by atoms with van der Waals surface area (Å²) in [5, 5.41) is 0. The van der Waals surface area contributed by atoms with Gasteiger partial charge in [0.05, 0.1) is 17.1 Å². The monoisotopic (exact) mass is 176 g/mol. The normalized spacial score (nSPS) is 14.2. The Morgan fingerprint density at radius 1 is 1.46 bits per heavy atom. The van der Waals surface area contributed by atoms with Crippen LogP contribution in [0.2, 0.25) is 0 Å². The van der Waals surface area contributed by atoms with E-state index in [9.17, 15) is 4.79 Å². The van der Waals surface area contributed by atoms with E-state index in [1.165, 1.54) is 0 Å². The highest BCUT2D eigenvalue weighted by molar-refractivity contribution is 5.77. The molecule has 0 radical (unpaired) electrons. The zero-order valence-corrected chi connectivity index (χ0v) is 7.71. The van der Waals surface area contributed by atoms with Gasteiger partial charge in [-0.05, 0) is 26.2 Å². The van der Waals surface area contributed by atoms with Crippen molar-refractivity contribution >= 4 is 5.78 Å². The summed E-state index contributed by atoms with van der Waals surface area (Å²) in [4.78, 5) is 19.6. The van der Waals surface area contributed by atoms with Crippen LogP contribution in [-0.4, -0.2) is 15.8 Å². The molecule has 0 N–H and O–H groups in total. The van der Waals surface area contributed by atoms with Crippen molar-refractivity contribution in [2.45, 2.75) is 32.6 Å². The second-order valence-corrected chi connectivity index (χ2v) is 3.49. The van der Waals surface area contributed by atoms with Crippen molar-refractivity contribution in [2.75, 3.05) is 0 Å². The largest absolute Gasteiger partial charge is 0.300 e. The van der Waals surface area contributed by atoms with Gasteiger partial charge in [-0.2, -0.15) is 0 Å². The third-order valence-electron chi connectivity index (χ3n) is 2.24. The van der Waals surface area contributed by atoms with Crippen LogP contribution in [0.15, 0.2) is 6.20 Å². The first-order valence-electron chi connectivity index (χ1n) is 4.59. The molecular weight excluding hydrogens is 164 g/mol. The number of Topliss-reactive ketones (excluding diaryl/α,β-unsaturated/α-hetero) is 1. The van der Waals surface area contributed by atoms with Crippen LogP contribution in [0, 0.1) is 0 Å². The van der Waals surface area contributed by atoms with Gasteiger partial charge >= 0.3 is 0 Å². The maximum Gasteiger partial charge on any atom is 0.135 e. The molecule has 0 saturated carbocycles. The highest BCUT2D eigenvalue weighted by Gasteiger charge is 2.14. The lowest BCUT2D eigenvalue weighted by molar-refractivity contribution is -0.116. The number of ketones is 1. The first-order chi connectivity index (χ1) is 6.25. The van der Waals surface area contributed by atoms with Gasteiger partial charge in [-0.3, -0.25) is 14.8 Å². The van der Waals surface area contributed by atoms with Crippen molar-refractivity contribution in [3.05, 3.63) is 23.3 Å². The molecule has 1 heterocycles. The molecule has 2 rings (SSSR count). The fourth-order valence-electron chi connectivity index (χ4n) is 1.67. The number of hydrogen-bond acceptors (Lipinski definition) is 3. The van der Waals surface area contributed by atoms with Crippen LogP contribution in [0.1, 0.15) is 30.4 Å². The minimum absolute atomic E-state index is 0.146. The van der Waals surface area contributed by atoms with E-state index in [2.05, 4.69) is 9.97 Å². The lowest BCUT2D eigenvalue weighted by Crippen LogP contribution is -2.03. The lowest BCUT2D eigenvalue weighted by atomic mass is 10.2. The van der Waals surface area contributed by atoms with E-state index in [0.29, 0.717) is 6.42 Å². The second kappa shape index (κ2) is 3.24. The molecule has 1 aromatic heterocycles. The van der Waals surface area contributed by atoms with Crippen molar-refractivity contribution in [3.63, 3.8) is 0 Å². The van der Waals surface area contributed by atoms with E-state index < -0.39 is 0 Å². The number of hydrogen-bond donors (Lipinski definition) is 0. The third kappa shape index (κ3) is 1.74. The van der Waals surface area contributed by atoms with Crippen molar-refractivity contribution < 1.29 is 4.79 Å². The number of carbonyl (C=O) groups excluding carboxylic acids is 1. The van der Waals surface area contributed by atoms with E-state index in [1.807, 2.05) is 0 Å². The van der Waals surface area contributed by atoms with Crippen LogP contribution in [0.5, 0.6) is 0 Å². The van der Waals surface area contributed by atoms with Crippen LogP contribution in [0.4, 0.5) is 0 Å². The van der Waals surface area contributed by atoms with Crippen LogP contribution < -0.4 is 0 Å². The molecule has 13 heavy (non-hydrogen) atoms. The molecule has 0 aromatic carbocycles. The third-order valence-corrected chi connectivity index (χ3v) is 2.24. The standard InChI is InChI=1S/C10H12N2O/c1-7(13)5-8-6-11-9-3-2-4-10(9)12-8/h6H,2-5H2,1H3. The summed E-state index contributed by atoms with van der Waals surface area (Å²) in [5.41, 5.74) is 3.03. The highest BCUT2D eigenvalue weighted by Crippen LogP contribution is 2.17. The van der Waals surface area contributed by atoms with Gasteiger partial charge in [-0.1, -0.05) is 0 Å². The van der Waals surface area contributed by atoms with Crippen molar-refractivity contribution in [3.8, 4) is 0 Å². The maximum absolute atomic E-state index is 10.8. The smallest absolute Gasteiger partial charge is 0.135 e. The van der Waals surface area contributed by atoms with E-state index >= 15 is 0 Å². The Labute approximate surface area is 77.2 Å². The highest BCUT2D eigenvalue weighted by atomic mass is 16.1. The average Bonchev–Trinajstić information content (AvgIpc) is 2.49. The van der Waals surface area contributed by atoms with Gasteiger partial charge in [0.25, 0.3) is 0 Å². The predicted octanol–water partition coefficient (Wildman–Crippen LogP) is 1.10. The van der Waals surface area contributed by atoms with Gasteiger partial charge in [-0.25, -0.2) is 0 Å². The van der Waals surface area contributed by atoms with Gasteiger partial charge in [-0.15, -0.1) is 0 Å². The van der Waals surface area contributed by atoms with E-state index in [0.717, 1.165) is 36.3 Å². The second-order valence-electron chi connectivity index (χ2n) is 3.49. The Morgan fingerprint density at radius 3 is 3.00 bits per heavy atom. The molecule has 3 heteroatoms. The molecule has 1 aliphatic rings. The number of carbonyl (C=O) groups is 1. The summed E-state index contributed by atoms with van der Waals surface area (Å²) >= 11 is 0. The van der Waals surface area contributed by atoms with Crippen molar-refractivity contribution in [1.82, 2.24) is 9.97 Å². The summed E-state index contributed by atoms with van der Waals surface area (Å²) in [6.07, 6.45) is 5.36. The Hall–Kier alpha value is -1.25. The minimum Gasteiger partial charge on any atom is -0.300 e. The fourth-order valence-corrected chi connectivity index (χ4v) is 1.67. The molecule has 1 aliphatic carbocycles. The molecule has 1 aromatic rings. The molecular formula is C10H12N2O. The van der Waals surface area contributed by atoms with E-state index in [-0.39, 0.29) is 5.78 Å². The molecule has 0 fully saturated rings. The fraction of sp³-hybridized carbons (Fsp3) is 0.500. The minimum atomic E-state index is 0.146. The Morgan fingerprint density at radius 2 is 2.23 bits per heavy atom. The average molecular weight is 176 g/mol. The zero-order valence-electron chi connectivity index (χ0n) is 7.71. The Balaban J connectivity index is 2.25. The number of aromatic nitrogens is 2. The predicted molar refractivity (Wildman–Crippen MR) is 48.4 cm³/mol. The van der Waals surface area contributed by atoms with E-state index in [1.54, 1.807) is 13.1 Å². The first-order valence-corrected chi connectivity index (χ1v) is 4.59. The molecule has 0 bridgehead atoms. The molecule has 0 amide bonds.